The van der Waals surface area contributed by atoms with Gasteiger partial charge in [-0.05, 0) is 48.2 Å². The van der Waals surface area contributed by atoms with Gasteiger partial charge in [0.1, 0.15) is 0 Å². The number of benzene rings is 4. The molecule has 0 atom stereocenters. The lowest BCUT2D eigenvalue weighted by Gasteiger charge is -1.98. The summed E-state index contributed by atoms with van der Waals surface area (Å²) in [5.74, 6) is 0. The molecule has 5 rings (SSSR count). The van der Waals surface area contributed by atoms with Gasteiger partial charge >= 0.3 is 0 Å². The molecule has 0 radical (unpaired) electrons. The van der Waals surface area contributed by atoms with Crippen LogP contribution in [0.1, 0.15) is 61.1 Å². The molecule has 0 bridgehead atoms. The summed E-state index contributed by atoms with van der Waals surface area (Å²) in [6.45, 7) is 12.2. The van der Waals surface area contributed by atoms with Gasteiger partial charge in [-0.3, -0.25) is 0 Å². The molecular formula is C34H36S. The van der Waals surface area contributed by atoms with Crippen molar-refractivity contribution in [2.24, 2.45) is 0 Å². The third-order valence-electron chi connectivity index (χ3n) is 5.61. The summed E-state index contributed by atoms with van der Waals surface area (Å²) < 4.78 is 2.67. The Kier molecular flexibility index (Phi) is 9.64. The molecule has 0 aliphatic carbocycles. The molecule has 1 aromatic heterocycles. The van der Waals surface area contributed by atoms with Gasteiger partial charge in [-0.1, -0.05) is 136 Å². The van der Waals surface area contributed by atoms with Gasteiger partial charge in [0.2, 0.25) is 0 Å². The molecule has 0 spiro atoms. The Bertz CT molecular complexity index is 1300. The number of aryl methyl sites for hydroxylation is 2. The Morgan fingerprint density at radius 2 is 0.743 bits per heavy atom. The highest BCUT2D eigenvalue weighted by Crippen LogP contribution is 2.35. The van der Waals surface area contributed by atoms with Gasteiger partial charge in [0.05, 0.1) is 0 Å². The van der Waals surface area contributed by atoms with Crippen LogP contribution in [0, 0.1) is 13.8 Å². The second kappa shape index (κ2) is 12.9. The third-order valence-corrected chi connectivity index (χ3v) is 6.73. The van der Waals surface area contributed by atoms with Crippen LogP contribution in [0.15, 0.2) is 84.9 Å². The maximum absolute atomic E-state index is 2.30. The van der Waals surface area contributed by atoms with E-state index in [1.54, 1.807) is 0 Å². The lowest BCUT2D eigenvalue weighted by atomic mass is 10.1. The first-order valence-electron chi connectivity index (χ1n) is 12.6. The fourth-order valence-corrected chi connectivity index (χ4v) is 4.96. The second-order valence-corrected chi connectivity index (χ2v) is 9.19. The fraction of sp³-hybridized carbons (Fsp3) is 0.176. The molecule has 0 fully saturated rings. The number of hydrogen-bond acceptors (Lipinski definition) is 1. The van der Waals surface area contributed by atoms with Gasteiger partial charge in [-0.2, -0.15) is 0 Å². The van der Waals surface area contributed by atoms with Crippen LogP contribution < -0.4 is 0 Å². The standard InChI is InChI=1S/C30H24S.2C2H6/c1-21-3-7-23(8-4-21)11-13-25-15-17-27-28-18-16-26(20-30(28)31-29(27)19-25)14-12-24-9-5-22(2)6-10-24;2*1-2/h3-20H,1-2H3;2*1-2H3. The van der Waals surface area contributed by atoms with E-state index in [1.165, 1.54) is 53.6 Å². The molecule has 5 aromatic rings. The molecule has 4 aromatic carbocycles. The zero-order valence-corrected chi connectivity index (χ0v) is 22.6. The van der Waals surface area contributed by atoms with Crippen LogP contribution in [0.3, 0.4) is 0 Å². The van der Waals surface area contributed by atoms with Crippen molar-refractivity contribution in [1.82, 2.24) is 0 Å². The monoisotopic (exact) mass is 476 g/mol. The van der Waals surface area contributed by atoms with E-state index in [9.17, 15) is 0 Å². The quantitative estimate of drug-likeness (QED) is 0.226. The lowest BCUT2D eigenvalue weighted by Crippen LogP contribution is -1.75. The van der Waals surface area contributed by atoms with Gasteiger partial charge in [0.15, 0.2) is 0 Å². The first-order valence-corrected chi connectivity index (χ1v) is 13.4. The van der Waals surface area contributed by atoms with Gasteiger partial charge in [-0.25, -0.2) is 0 Å². The van der Waals surface area contributed by atoms with Gasteiger partial charge in [0, 0.05) is 20.2 Å². The van der Waals surface area contributed by atoms with Crippen molar-refractivity contribution in [1.29, 1.82) is 0 Å². The maximum Gasteiger partial charge on any atom is 0.0361 e. The summed E-state index contributed by atoms with van der Waals surface area (Å²) in [5, 5.41) is 2.67. The molecule has 1 heterocycles. The van der Waals surface area contributed by atoms with Gasteiger partial charge in [0.25, 0.3) is 0 Å². The van der Waals surface area contributed by atoms with Gasteiger partial charge in [-0.15, -0.1) is 11.3 Å². The van der Waals surface area contributed by atoms with Crippen molar-refractivity contribution in [3.8, 4) is 0 Å². The Hall–Kier alpha value is -3.42. The summed E-state index contributed by atoms with van der Waals surface area (Å²) in [6, 6.07) is 30.8. The van der Waals surface area contributed by atoms with Crippen LogP contribution in [0.4, 0.5) is 0 Å². The van der Waals surface area contributed by atoms with E-state index < -0.39 is 0 Å². The minimum absolute atomic E-state index is 1.23. The molecule has 0 nitrogen and oxygen atoms in total. The molecular weight excluding hydrogens is 440 g/mol. The molecule has 0 saturated carbocycles. The Balaban J connectivity index is 0.000000815. The first-order chi connectivity index (χ1) is 17.1. The number of rotatable bonds is 4. The zero-order chi connectivity index (χ0) is 25.2. The second-order valence-electron chi connectivity index (χ2n) is 8.10. The van der Waals surface area contributed by atoms with E-state index in [0.717, 1.165) is 0 Å². The first kappa shape index (κ1) is 26.2. The highest BCUT2D eigenvalue weighted by atomic mass is 32.1. The van der Waals surface area contributed by atoms with Crippen molar-refractivity contribution in [3.05, 3.63) is 118 Å². The average molecular weight is 477 g/mol. The predicted molar refractivity (Wildman–Crippen MR) is 162 cm³/mol. The fourth-order valence-electron chi connectivity index (χ4n) is 3.76. The third kappa shape index (κ3) is 6.81. The number of fused-ring (bicyclic) bond motifs is 3. The lowest BCUT2D eigenvalue weighted by molar-refractivity contribution is 1.46. The van der Waals surface area contributed by atoms with E-state index >= 15 is 0 Å². The molecule has 0 unspecified atom stereocenters. The van der Waals surface area contributed by atoms with Crippen molar-refractivity contribution >= 4 is 55.8 Å². The summed E-state index contributed by atoms with van der Waals surface area (Å²) >= 11 is 1.87. The van der Waals surface area contributed by atoms with Crippen LogP contribution in [0.2, 0.25) is 0 Å². The SMILES string of the molecule is CC.CC.Cc1ccc(C=Cc2ccc3c(c2)sc2cc(C=Cc4ccc(C)cc4)ccc23)cc1. The largest absolute Gasteiger partial charge is 0.135 e. The summed E-state index contributed by atoms with van der Waals surface area (Å²) in [4.78, 5) is 0. The predicted octanol–water partition coefficient (Wildman–Crippen LogP) is 11.1. The van der Waals surface area contributed by atoms with E-state index in [2.05, 4.69) is 123 Å². The Morgan fingerprint density at radius 3 is 1.11 bits per heavy atom. The van der Waals surface area contributed by atoms with E-state index in [-0.39, 0.29) is 0 Å². The molecule has 0 amide bonds. The average Bonchev–Trinajstić information content (AvgIpc) is 3.27. The normalized spacial score (nSPS) is 10.9. The van der Waals surface area contributed by atoms with E-state index in [0.29, 0.717) is 0 Å². The van der Waals surface area contributed by atoms with Crippen LogP contribution in [0.5, 0.6) is 0 Å². The van der Waals surface area contributed by atoms with Crippen molar-refractivity contribution in [3.63, 3.8) is 0 Å². The minimum Gasteiger partial charge on any atom is -0.135 e. The maximum atomic E-state index is 2.30. The summed E-state index contributed by atoms with van der Waals surface area (Å²) in [6.07, 6.45) is 8.76. The number of thiophene rings is 1. The topological polar surface area (TPSA) is 0 Å². The zero-order valence-electron chi connectivity index (χ0n) is 21.8. The smallest absolute Gasteiger partial charge is 0.0361 e. The van der Waals surface area contributed by atoms with Crippen molar-refractivity contribution in [2.75, 3.05) is 0 Å². The molecule has 178 valence electrons. The van der Waals surface area contributed by atoms with Gasteiger partial charge < -0.3 is 0 Å². The van der Waals surface area contributed by atoms with Crippen molar-refractivity contribution in [2.45, 2.75) is 41.5 Å². The van der Waals surface area contributed by atoms with Crippen molar-refractivity contribution < 1.29 is 0 Å². The van der Waals surface area contributed by atoms with Crippen LogP contribution in [-0.2, 0) is 0 Å². The molecule has 0 saturated heterocycles. The highest BCUT2D eigenvalue weighted by Gasteiger charge is 2.05. The highest BCUT2D eigenvalue weighted by molar-refractivity contribution is 7.25. The summed E-state index contributed by atoms with van der Waals surface area (Å²) in [7, 11) is 0. The summed E-state index contributed by atoms with van der Waals surface area (Å²) in [5.41, 5.74) is 7.51. The molecule has 35 heavy (non-hydrogen) atoms. The molecule has 0 aliphatic heterocycles. The Labute approximate surface area is 215 Å². The van der Waals surface area contributed by atoms with E-state index in [4.69, 9.17) is 0 Å². The van der Waals surface area contributed by atoms with Crippen LogP contribution >= 0.6 is 11.3 Å². The van der Waals surface area contributed by atoms with E-state index in [1.807, 2.05) is 39.0 Å². The molecule has 0 N–H and O–H groups in total. The molecule has 0 aliphatic rings. The van der Waals surface area contributed by atoms with Crippen LogP contribution in [-0.4, -0.2) is 0 Å². The minimum atomic E-state index is 1.23. The number of hydrogen-bond donors (Lipinski definition) is 0. The molecule has 1 heteroatoms. The Morgan fingerprint density at radius 1 is 0.429 bits per heavy atom. The van der Waals surface area contributed by atoms with Crippen LogP contribution in [0.25, 0.3) is 44.5 Å².